The summed E-state index contributed by atoms with van der Waals surface area (Å²) in [6, 6.07) is 0. The molecule has 70 valence electrons. The summed E-state index contributed by atoms with van der Waals surface area (Å²) in [5.41, 5.74) is 0. The van der Waals surface area contributed by atoms with Gasteiger partial charge in [-0.25, -0.2) is 0 Å². The van der Waals surface area contributed by atoms with E-state index in [9.17, 15) is 0 Å². The van der Waals surface area contributed by atoms with Crippen LogP contribution in [0.15, 0.2) is 0 Å². The lowest BCUT2D eigenvalue weighted by Gasteiger charge is -2.37. The Morgan fingerprint density at radius 2 is 1.45 bits per heavy atom. The van der Waals surface area contributed by atoms with Crippen LogP contribution in [0.2, 0.25) is 0 Å². The van der Waals surface area contributed by atoms with Gasteiger partial charge in [0.05, 0.1) is 0 Å². The molecule has 11 heavy (non-hydrogen) atoms. The van der Waals surface area contributed by atoms with Crippen molar-refractivity contribution in [3.8, 4) is 0 Å². The SMILES string of the molecule is CCCN(CCC)S(C)(C)I. The van der Waals surface area contributed by atoms with Gasteiger partial charge in [0, 0.05) is 13.1 Å². The molecular weight excluding hydrogens is 269 g/mol. The highest BCUT2D eigenvalue weighted by molar-refractivity contribution is 14.2. The predicted molar refractivity (Wildman–Crippen MR) is 65.6 cm³/mol. The minimum absolute atomic E-state index is 0.486. The number of hydrogen-bond acceptors (Lipinski definition) is 1. The van der Waals surface area contributed by atoms with E-state index in [2.05, 4.69) is 51.9 Å². The third-order valence-corrected chi connectivity index (χ3v) is 4.82. The highest BCUT2D eigenvalue weighted by atomic mass is 127. The van der Waals surface area contributed by atoms with Crippen molar-refractivity contribution in [1.29, 1.82) is 0 Å². The van der Waals surface area contributed by atoms with Gasteiger partial charge < -0.3 is 0 Å². The lowest BCUT2D eigenvalue weighted by atomic mass is 10.4. The van der Waals surface area contributed by atoms with E-state index in [1.807, 2.05) is 0 Å². The van der Waals surface area contributed by atoms with E-state index in [4.69, 9.17) is 0 Å². The number of hydrogen-bond donors (Lipinski definition) is 0. The van der Waals surface area contributed by atoms with E-state index in [-0.39, 0.29) is 0 Å². The van der Waals surface area contributed by atoms with E-state index in [1.54, 1.807) is 0 Å². The predicted octanol–water partition coefficient (Wildman–Crippen LogP) is 3.44. The maximum atomic E-state index is 2.62. The number of rotatable bonds is 5. The second kappa shape index (κ2) is 5.65. The van der Waals surface area contributed by atoms with Gasteiger partial charge in [0.25, 0.3) is 0 Å². The summed E-state index contributed by atoms with van der Waals surface area (Å²) in [4.78, 5) is 0. The zero-order valence-electron chi connectivity index (χ0n) is 8.06. The number of nitrogens with zero attached hydrogens (tertiary/aromatic N) is 1. The molecule has 3 heteroatoms. The van der Waals surface area contributed by atoms with Crippen LogP contribution in [0.3, 0.4) is 0 Å². The second-order valence-electron chi connectivity index (χ2n) is 3.08. The van der Waals surface area contributed by atoms with Gasteiger partial charge in [0.2, 0.25) is 0 Å². The van der Waals surface area contributed by atoms with Crippen LogP contribution in [0, 0.1) is 0 Å². The van der Waals surface area contributed by atoms with Crippen molar-refractivity contribution in [3.05, 3.63) is 0 Å². The van der Waals surface area contributed by atoms with Crippen LogP contribution in [-0.4, -0.2) is 29.9 Å². The Bertz CT molecular complexity index is 94.8. The molecule has 0 saturated carbocycles. The van der Waals surface area contributed by atoms with Gasteiger partial charge in [-0.15, -0.1) is 7.39 Å². The smallest absolute Gasteiger partial charge is 0.00784 e. The van der Waals surface area contributed by atoms with Crippen LogP contribution in [0.1, 0.15) is 26.7 Å². The maximum Gasteiger partial charge on any atom is 0.00784 e. The minimum Gasteiger partial charge on any atom is -0.260 e. The van der Waals surface area contributed by atoms with Gasteiger partial charge in [-0.05, 0) is 46.6 Å². The fraction of sp³-hybridized carbons (Fsp3) is 1.00. The lowest BCUT2D eigenvalue weighted by molar-refractivity contribution is 0.463. The van der Waals surface area contributed by atoms with Crippen LogP contribution in [0.25, 0.3) is 0 Å². The average Bonchev–Trinajstić information content (AvgIpc) is 1.85. The zero-order chi connectivity index (χ0) is 8.91. The second-order valence-corrected chi connectivity index (χ2v) is 12.4. The Kier molecular flexibility index (Phi) is 6.18. The summed E-state index contributed by atoms with van der Waals surface area (Å²) in [7, 11) is -0.486. The summed E-state index contributed by atoms with van der Waals surface area (Å²) < 4.78 is 2.62. The topological polar surface area (TPSA) is 3.24 Å². The van der Waals surface area contributed by atoms with Crippen LogP contribution >= 0.6 is 28.6 Å². The first-order valence-corrected chi connectivity index (χ1v) is 9.15. The highest BCUT2D eigenvalue weighted by Gasteiger charge is 2.15. The molecule has 0 atom stereocenters. The van der Waals surface area contributed by atoms with Crippen molar-refractivity contribution in [2.75, 3.05) is 25.6 Å². The van der Waals surface area contributed by atoms with Crippen molar-refractivity contribution in [2.45, 2.75) is 26.7 Å². The first-order chi connectivity index (χ1) is 5.02. The molecule has 0 aliphatic heterocycles. The van der Waals surface area contributed by atoms with Gasteiger partial charge >= 0.3 is 0 Å². The third kappa shape index (κ3) is 5.31. The number of halogens is 1. The standard InChI is InChI=1S/C8H20INS/c1-5-7-10(8-6-2)11(3,4)9/h5-8H2,1-4H3. The molecule has 0 aromatic rings. The molecule has 0 unspecified atom stereocenters. The Morgan fingerprint density at radius 3 is 1.64 bits per heavy atom. The zero-order valence-corrected chi connectivity index (χ0v) is 11.0. The van der Waals surface area contributed by atoms with E-state index >= 15 is 0 Å². The highest BCUT2D eigenvalue weighted by Crippen LogP contribution is 2.52. The molecule has 0 aromatic heterocycles. The van der Waals surface area contributed by atoms with Gasteiger partial charge in [0.1, 0.15) is 0 Å². The summed E-state index contributed by atoms with van der Waals surface area (Å²) in [6.07, 6.45) is 7.27. The minimum atomic E-state index is -0.486. The van der Waals surface area contributed by atoms with Crippen LogP contribution in [-0.2, 0) is 0 Å². The molecule has 0 fully saturated rings. The Balaban J connectivity index is 3.88. The van der Waals surface area contributed by atoms with Gasteiger partial charge in [0.15, 0.2) is 0 Å². The average molecular weight is 289 g/mol. The molecule has 0 amide bonds. The molecule has 1 nitrogen and oxygen atoms in total. The third-order valence-electron chi connectivity index (χ3n) is 1.56. The molecule has 0 aromatic carbocycles. The van der Waals surface area contributed by atoms with Crippen molar-refractivity contribution >= 4 is 28.6 Å². The van der Waals surface area contributed by atoms with Gasteiger partial charge in [-0.1, -0.05) is 13.8 Å². The molecule has 0 saturated heterocycles. The van der Waals surface area contributed by atoms with Crippen LogP contribution in [0.4, 0.5) is 0 Å². The Labute approximate surface area is 85.0 Å². The largest absolute Gasteiger partial charge is 0.260 e. The Morgan fingerprint density at radius 1 is 1.09 bits per heavy atom. The summed E-state index contributed by atoms with van der Waals surface area (Å²) >= 11 is 2.59. The maximum absolute atomic E-state index is 2.62. The molecule has 0 radical (unpaired) electrons. The van der Waals surface area contributed by atoms with Crippen molar-refractivity contribution in [2.24, 2.45) is 0 Å². The van der Waals surface area contributed by atoms with Gasteiger partial charge in [-0.2, -0.15) is 0 Å². The molecule has 0 rings (SSSR count). The molecule has 0 spiro atoms. The Hall–Kier alpha value is 1.04. The van der Waals surface area contributed by atoms with Gasteiger partial charge in [-0.3, -0.25) is 4.31 Å². The van der Waals surface area contributed by atoms with Crippen molar-refractivity contribution in [1.82, 2.24) is 4.31 Å². The fourth-order valence-corrected chi connectivity index (χ4v) is 3.46. The van der Waals surface area contributed by atoms with Crippen LogP contribution in [0.5, 0.6) is 0 Å². The van der Waals surface area contributed by atoms with Crippen molar-refractivity contribution in [3.63, 3.8) is 0 Å². The molecule has 0 heterocycles. The lowest BCUT2D eigenvalue weighted by Crippen LogP contribution is -2.25. The van der Waals surface area contributed by atoms with E-state index < -0.39 is 7.39 Å². The van der Waals surface area contributed by atoms with Crippen molar-refractivity contribution < 1.29 is 0 Å². The first-order valence-electron chi connectivity index (χ1n) is 4.20. The fourth-order valence-electron chi connectivity index (χ4n) is 1.04. The van der Waals surface area contributed by atoms with E-state index in [0.29, 0.717) is 0 Å². The summed E-state index contributed by atoms with van der Waals surface area (Å²) in [5.74, 6) is 0. The molecule has 0 bridgehead atoms. The summed E-state index contributed by atoms with van der Waals surface area (Å²) in [6.45, 7) is 7.03. The molecule has 0 N–H and O–H groups in total. The van der Waals surface area contributed by atoms with Crippen LogP contribution < -0.4 is 0 Å². The monoisotopic (exact) mass is 289 g/mol. The van der Waals surface area contributed by atoms with E-state index in [0.717, 1.165) is 0 Å². The van der Waals surface area contributed by atoms with E-state index in [1.165, 1.54) is 25.9 Å². The first kappa shape index (κ1) is 12.0. The summed E-state index contributed by atoms with van der Waals surface area (Å²) in [5, 5.41) is 0. The quantitative estimate of drug-likeness (QED) is 0.701. The molecular formula is C8H20INS. The molecule has 0 aliphatic carbocycles. The molecule has 0 aliphatic rings. The normalized spacial score (nSPS) is 14.0.